The van der Waals surface area contributed by atoms with Crippen LogP contribution in [0, 0.1) is 0 Å². The molecule has 2 aromatic carbocycles. The number of benzene rings is 2. The van der Waals surface area contributed by atoms with Gasteiger partial charge in [0.05, 0.1) is 32.4 Å². The van der Waals surface area contributed by atoms with Gasteiger partial charge >= 0.3 is 0 Å². The van der Waals surface area contributed by atoms with Gasteiger partial charge in [0.15, 0.2) is 5.11 Å². The molecule has 10 heteroatoms. The van der Waals surface area contributed by atoms with Gasteiger partial charge in [-0.25, -0.2) is 0 Å². The first-order chi connectivity index (χ1) is 16.5. The number of anilines is 2. The van der Waals surface area contributed by atoms with E-state index in [1.54, 1.807) is 55.6 Å². The second-order valence-corrected chi connectivity index (χ2v) is 8.88. The smallest absolute Gasteiger partial charge is 0.256 e. The highest BCUT2D eigenvalue weighted by Crippen LogP contribution is 2.28. The SMILES string of the molecule is COc1ccc(NC(=O)C[C@@H]2C(=O)N(c3ccc(Cl)cc3)C(=S)N2CCN2CCOCC2)cc1. The minimum Gasteiger partial charge on any atom is -0.497 e. The van der Waals surface area contributed by atoms with Crippen LogP contribution in [0.5, 0.6) is 5.75 Å². The molecule has 2 amide bonds. The maximum absolute atomic E-state index is 13.5. The first kappa shape index (κ1) is 24.4. The first-order valence-corrected chi connectivity index (χ1v) is 11.9. The quantitative estimate of drug-likeness (QED) is 0.556. The van der Waals surface area contributed by atoms with Crippen molar-refractivity contribution in [3.8, 4) is 5.75 Å². The van der Waals surface area contributed by atoms with Crippen molar-refractivity contribution in [2.24, 2.45) is 0 Å². The average molecular weight is 503 g/mol. The number of ether oxygens (including phenoxy) is 2. The van der Waals surface area contributed by atoms with Crippen LogP contribution in [0.15, 0.2) is 48.5 Å². The first-order valence-electron chi connectivity index (χ1n) is 11.1. The van der Waals surface area contributed by atoms with Crippen LogP contribution in [-0.4, -0.2) is 79.3 Å². The molecule has 0 saturated carbocycles. The van der Waals surface area contributed by atoms with Crippen molar-refractivity contribution >= 4 is 52.1 Å². The lowest BCUT2D eigenvalue weighted by atomic mass is 10.1. The van der Waals surface area contributed by atoms with Gasteiger partial charge in [-0.3, -0.25) is 19.4 Å². The molecule has 1 N–H and O–H groups in total. The molecule has 2 aliphatic rings. The lowest BCUT2D eigenvalue weighted by molar-refractivity contribution is -0.124. The molecular weight excluding hydrogens is 476 g/mol. The highest BCUT2D eigenvalue weighted by atomic mass is 35.5. The van der Waals surface area contributed by atoms with Gasteiger partial charge in [0.1, 0.15) is 11.8 Å². The van der Waals surface area contributed by atoms with Crippen molar-refractivity contribution in [2.75, 3.05) is 56.7 Å². The number of hydrogen-bond donors (Lipinski definition) is 1. The molecule has 0 radical (unpaired) electrons. The monoisotopic (exact) mass is 502 g/mol. The van der Waals surface area contributed by atoms with Crippen molar-refractivity contribution in [1.29, 1.82) is 0 Å². The molecule has 2 aromatic rings. The fourth-order valence-corrected chi connectivity index (χ4v) is 4.59. The van der Waals surface area contributed by atoms with E-state index in [2.05, 4.69) is 10.2 Å². The summed E-state index contributed by atoms with van der Waals surface area (Å²) in [4.78, 5) is 32.0. The van der Waals surface area contributed by atoms with Gasteiger partial charge in [0.25, 0.3) is 5.91 Å². The summed E-state index contributed by atoms with van der Waals surface area (Å²) < 4.78 is 10.6. The normalized spacial score (nSPS) is 18.9. The molecular formula is C24H27ClN4O4S. The fourth-order valence-electron chi connectivity index (χ4n) is 4.05. The Hall–Kier alpha value is -2.72. The zero-order chi connectivity index (χ0) is 24.1. The van der Waals surface area contributed by atoms with Gasteiger partial charge < -0.3 is 19.7 Å². The van der Waals surface area contributed by atoms with Crippen LogP contribution in [0.3, 0.4) is 0 Å². The van der Waals surface area contributed by atoms with E-state index < -0.39 is 6.04 Å². The number of hydrogen-bond acceptors (Lipinski definition) is 6. The van der Waals surface area contributed by atoms with Crippen molar-refractivity contribution in [1.82, 2.24) is 9.80 Å². The summed E-state index contributed by atoms with van der Waals surface area (Å²) in [5, 5.41) is 3.83. The Labute approximate surface area is 209 Å². The molecule has 0 spiro atoms. The zero-order valence-electron chi connectivity index (χ0n) is 18.9. The molecule has 0 bridgehead atoms. The van der Waals surface area contributed by atoms with E-state index in [0.717, 1.165) is 19.6 Å². The second kappa shape index (κ2) is 11.1. The van der Waals surface area contributed by atoms with Crippen LogP contribution >= 0.6 is 23.8 Å². The second-order valence-electron chi connectivity index (χ2n) is 8.08. The molecule has 180 valence electrons. The Morgan fingerprint density at radius 3 is 2.44 bits per heavy atom. The molecule has 8 nitrogen and oxygen atoms in total. The summed E-state index contributed by atoms with van der Waals surface area (Å²) >= 11 is 11.7. The molecule has 34 heavy (non-hydrogen) atoms. The number of morpholine rings is 1. The third-order valence-corrected chi connectivity index (χ3v) is 6.59. The number of thiocarbonyl (C=S) groups is 1. The summed E-state index contributed by atoms with van der Waals surface area (Å²) in [6.07, 6.45) is -0.0157. The molecule has 4 rings (SSSR count). The lowest BCUT2D eigenvalue weighted by Gasteiger charge is -2.30. The molecule has 0 aliphatic carbocycles. The predicted molar refractivity (Wildman–Crippen MR) is 136 cm³/mol. The minimum absolute atomic E-state index is 0.0157. The third kappa shape index (κ3) is 5.67. The predicted octanol–water partition coefficient (Wildman–Crippen LogP) is 3.01. The van der Waals surface area contributed by atoms with Gasteiger partial charge in [-0.2, -0.15) is 0 Å². The Kier molecular flexibility index (Phi) is 7.99. The number of carbonyl (C=O) groups is 2. The standard InChI is InChI=1S/C24H27ClN4O4S/c1-32-20-8-4-18(5-9-20)26-22(30)16-21-23(31)29(19-6-2-17(25)3-7-19)24(34)28(21)11-10-27-12-14-33-15-13-27/h2-9,21H,10-16H2,1H3,(H,26,30)/t21-/m1/s1. The van der Waals surface area contributed by atoms with E-state index in [1.165, 1.54) is 4.90 Å². The van der Waals surface area contributed by atoms with E-state index in [4.69, 9.17) is 33.3 Å². The van der Waals surface area contributed by atoms with Gasteiger partial charge in [-0.15, -0.1) is 0 Å². The summed E-state index contributed by atoms with van der Waals surface area (Å²) in [5.74, 6) is 0.210. The van der Waals surface area contributed by atoms with Crippen molar-refractivity contribution < 1.29 is 19.1 Å². The summed E-state index contributed by atoms with van der Waals surface area (Å²) in [6, 6.07) is 13.3. The molecule has 2 heterocycles. The number of rotatable bonds is 8. The van der Waals surface area contributed by atoms with Crippen LogP contribution in [0.1, 0.15) is 6.42 Å². The van der Waals surface area contributed by atoms with Gasteiger partial charge in [-0.1, -0.05) is 11.6 Å². The van der Waals surface area contributed by atoms with Crippen LogP contribution < -0.4 is 15.0 Å². The van der Waals surface area contributed by atoms with Gasteiger partial charge in [0.2, 0.25) is 5.91 Å². The average Bonchev–Trinajstić information content (AvgIpc) is 3.08. The van der Waals surface area contributed by atoms with Crippen molar-refractivity contribution in [3.05, 3.63) is 53.6 Å². The van der Waals surface area contributed by atoms with Crippen molar-refractivity contribution in [3.63, 3.8) is 0 Å². The van der Waals surface area contributed by atoms with Gasteiger partial charge in [0, 0.05) is 36.9 Å². The Morgan fingerprint density at radius 1 is 1.12 bits per heavy atom. The number of methoxy groups -OCH3 is 1. The number of nitrogens with zero attached hydrogens (tertiary/aromatic N) is 3. The van der Waals surface area contributed by atoms with E-state index >= 15 is 0 Å². The summed E-state index contributed by atoms with van der Waals surface area (Å²) in [6.45, 7) is 4.30. The maximum atomic E-state index is 13.5. The summed E-state index contributed by atoms with van der Waals surface area (Å²) in [7, 11) is 1.58. The largest absolute Gasteiger partial charge is 0.497 e. The van der Waals surface area contributed by atoms with E-state index in [0.29, 0.717) is 47.0 Å². The number of nitrogens with one attached hydrogen (secondary N) is 1. The van der Waals surface area contributed by atoms with Crippen LogP contribution in [0.25, 0.3) is 0 Å². The van der Waals surface area contributed by atoms with E-state index in [9.17, 15) is 9.59 Å². The molecule has 0 aromatic heterocycles. The topological polar surface area (TPSA) is 74.4 Å². The number of carbonyl (C=O) groups excluding carboxylic acids is 2. The van der Waals surface area contributed by atoms with Crippen molar-refractivity contribution in [2.45, 2.75) is 12.5 Å². The third-order valence-electron chi connectivity index (χ3n) is 5.92. The summed E-state index contributed by atoms with van der Waals surface area (Å²) in [5.41, 5.74) is 1.27. The fraction of sp³-hybridized carbons (Fsp3) is 0.375. The molecule has 1 atom stereocenters. The molecule has 2 aliphatic heterocycles. The van der Waals surface area contributed by atoms with Crippen LogP contribution in [0.4, 0.5) is 11.4 Å². The number of amides is 2. The Bertz CT molecular complexity index is 1030. The minimum atomic E-state index is -0.692. The number of halogens is 1. The Morgan fingerprint density at radius 2 is 1.79 bits per heavy atom. The molecule has 2 saturated heterocycles. The maximum Gasteiger partial charge on any atom is 0.256 e. The van der Waals surface area contributed by atoms with E-state index in [1.807, 2.05) is 4.90 Å². The Balaban J connectivity index is 1.50. The lowest BCUT2D eigenvalue weighted by Crippen LogP contribution is -2.45. The van der Waals surface area contributed by atoms with E-state index in [-0.39, 0.29) is 18.2 Å². The highest BCUT2D eigenvalue weighted by molar-refractivity contribution is 7.80. The van der Waals surface area contributed by atoms with Crippen LogP contribution in [0.2, 0.25) is 5.02 Å². The highest BCUT2D eigenvalue weighted by Gasteiger charge is 2.44. The molecule has 0 unspecified atom stereocenters. The molecule has 2 fully saturated rings. The van der Waals surface area contributed by atoms with Gasteiger partial charge in [-0.05, 0) is 60.7 Å². The van der Waals surface area contributed by atoms with Crippen LogP contribution in [-0.2, 0) is 14.3 Å². The zero-order valence-corrected chi connectivity index (χ0v) is 20.5.